The number of hydrogen-bond donors (Lipinski definition) is 2. The van der Waals surface area contributed by atoms with Gasteiger partial charge < -0.3 is 20.3 Å². The third kappa shape index (κ3) is 7.32. The van der Waals surface area contributed by atoms with Crippen LogP contribution in [-0.4, -0.2) is 55.2 Å². The molecule has 21 heavy (non-hydrogen) atoms. The molecule has 0 radical (unpaired) electrons. The first kappa shape index (κ1) is 17.8. The smallest absolute Gasteiger partial charge is 0.410 e. The van der Waals surface area contributed by atoms with E-state index < -0.39 is 5.60 Å². The second kappa shape index (κ2) is 8.22. The zero-order chi connectivity index (χ0) is 15.9. The van der Waals surface area contributed by atoms with Crippen LogP contribution >= 0.6 is 0 Å². The number of piperidine rings is 1. The predicted molar refractivity (Wildman–Crippen MR) is 82.1 cm³/mol. The van der Waals surface area contributed by atoms with Crippen LogP contribution in [0.2, 0.25) is 0 Å². The average molecular weight is 299 g/mol. The summed E-state index contributed by atoms with van der Waals surface area (Å²) in [4.78, 5) is 25.2. The summed E-state index contributed by atoms with van der Waals surface area (Å²) in [5, 5.41) is 5.91. The summed E-state index contributed by atoms with van der Waals surface area (Å²) in [7, 11) is 0. The number of carbonyl (C=O) groups is 2. The molecule has 0 spiro atoms. The molecule has 0 aliphatic carbocycles. The lowest BCUT2D eigenvalue weighted by atomic mass is 9.98. The highest BCUT2D eigenvalue weighted by Crippen LogP contribution is 2.18. The Labute approximate surface area is 127 Å². The van der Waals surface area contributed by atoms with Crippen LogP contribution < -0.4 is 10.6 Å². The first-order valence-electron chi connectivity index (χ1n) is 7.77. The van der Waals surface area contributed by atoms with E-state index in [-0.39, 0.29) is 12.0 Å². The minimum Gasteiger partial charge on any atom is -0.444 e. The normalized spacial score (nSPS) is 19.2. The van der Waals surface area contributed by atoms with Crippen LogP contribution in [0.3, 0.4) is 0 Å². The van der Waals surface area contributed by atoms with Crippen LogP contribution in [0, 0.1) is 5.92 Å². The molecule has 0 aromatic rings. The number of nitrogens with zero attached hydrogens (tertiary/aromatic N) is 1. The Bertz CT molecular complexity index is 353. The lowest BCUT2D eigenvalue weighted by Crippen LogP contribution is -2.45. The Balaban J connectivity index is 2.32. The number of rotatable bonds is 5. The molecule has 1 saturated heterocycles. The number of likely N-dealkylation sites (N-methyl/N-ethyl adjacent to an activating group) is 1. The summed E-state index contributed by atoms with van der Waals surface area (Å²) in [5.74, 6) is 0.387. The Kier molecular flexibility index (Phi) is 6.95. The van der Waals surface area contributed by atoms with E-state index >= 15 is 0 Å². The third-order valence-electron chi connectivity index (χ3n) is 3.26. The molecule has 1 unspecified atom stereocenters. The topological polar surface area (TPSA) is 70.7 Å². The largest absolute Gasteiger partial charge is 0.444 e. The number of amides is 2. The van der Waals surface area contributed by atoms with Gasteiger partial charge in [-0.1, -0.05) is 0 Å². The molecule has 0 aromatic carbocycles. The number of likely N-dealkylation sites (tertiary alicyclic amines) is 1. The van der Waals surface area contributed by atoms with Crippen molar-refractivity contribution in [3.8, 4) is 0 Å². The van der Waals surface area contributed by atoms with Crippen LogP contribution in [0.5, 0.6) is 0 Å². The van der Waals surface area contributed by atoms with Gasteiger partial charge in [0.25, 0.3) is 0 Å². The SMILES string of the molecule is CCNC(=O)CNCC1CCCN(C(=O)OC(C)(C)C)C1. The summed E-state index contributed by atoms with van der Waals surface area (Å²) in [5.41, 5.74) is -0.458. The van der Waals surface area contributed by atoms with Crippen LogP contribution in [0.25, 0.3) is 0 Å². The fourth-order valence-corrected chi connectivity index (χ4v) is 2.37. The lowest BCUT2D eigenvalue weighted by molar-refractivity contribution is -0.120. The summed E-state index contributed by atoms with van der Waals surface area (Å²) in [6.45, 7) is 10.7. The van der Waals surface area contributed by atoms with Crippen LogP contribution in [-0.2, 0) is 9.53 Å². The van der Waals surface area contributed by atoms with E-state index in [9.17, 15) is 9.59 Å². The standard InChI is InChI=1S/C15H29N3O3/c1-5-17-13(19)10-16-9-12-7-6-8-18(11-12)14(20)21-15(2,3)4/h12,16H,5-11H2,1-4H3,(H,17,19). The van der Waals surface area contributed by atoms with Crippen molar-refractivity contribution in [1.82, 2.24) is 15.5 Å². The van der Waals surface area contributed by atoms with E-state index in [4.69, 9.17) is 4.74 Å². The molecule has 1 heterocycles. The number of nitrogens with one attached hydrogen (secondary N) is 2. The van der Waals surface area contributed by atoms with E-state index in [1.54, 1.807) is 4.90 Å². The molecule has 6 nitrogen and oxygen atoms in total. The van der Waals surface area contributed by atoms with Gasteiger partial charge in [0.2, 0.25) is 5.91 Å². The van der Waals surface area contributed by atoms with E-state index in [1.807, 2.05) is 27.7 Å². The average Bonchev–Trinajstić information content (AvgIpc) is 2.37. The van der Waals surface area contributed by atoms with Gasteiger partial charge >= 0.3 is 6.09 Å². The van der Waals surface area contributed by atoms with Crippen molar-refractivity contribution < 1.29 is 14.3 Å². The second-order valence-electron chi connectivity index (χ2n) is 6.52. The predicted octanol–water partition coefficient (Wildman–Crippen LogP) is 1.36. The second-order valence-corrected chi connectivity index (χ2v) is 6.52. The maximum Gasteiger partial charge on any atom is 0.410 e. The van der Waals surface area contributed by atoms with Gasteiger partial charge in [-0.05, 0) is 46.5 Å². The van der Waals surface area contributed by atoms with Gasteiger partial charge in [0, 0.05) is 26.2 Å². The summed E-state index contributed by atoms with van der Waals surface area (Å²) >= 11 is 0. The third-order valence-corrected chi connectivity index (χ3v) is 3.26. The fourth-order valence-electron chi connectivity index (χ4n) is 2.37. The molecule has 0 aromatic heterocycles. The van der Waals surface area contributed by atoms with Crippen LogP contribution in [0.1, 0.15) is 40.5 Å². The summed E-state index contributed by atoms with van der Waals surface area (Å²) < 4.78 is 5.40. The van der Waals surface area contributed by atoms with E-state index in [1.165, 1.54) is 0 Å². The maximum absolute atomic E-state index is 12.0. The molecule has 0 bridgehead atoms. The maximum atomic E-state index is 12.0. The molecule has 1 rings (SSSR count). The van der Waals surface area contributed by atoms with Gasteiger partial charge in [-0.15, -0.1) is 0 Å². The van der Waals surface area contributed by atoms with Crippen molar-refractivity contribution in [2.24, 2.45) is 5.92 Å². The lowest BCUT2D eigenvalue weighted by Gasteiger charge is -2.34. The molecule has 1 fully saturated rings. The molecule has 6 heteroatoms. The first-order chi connectivity index (χ1) is 9.81. The Morgan fingerprint density at radius 3 is 2.67 bits per heavy atom. The highest BCUT2D eigenvalue weighted by molar-refractivity contribution is 5.77. The van der Waals surface area contributed by atoms with Crippen LogP contribution in [0.4, 0.5) is 4.79 Å². The molecule has 0 saturated carbocycles. The fraction of sp³-hybridized carbons (Fsp3) is 0.867. The Hall–Kier alpha value is -1.30. The molecule has 2 N–H and O–H groups in total. The quantitative estimate of drug-likeness (QED) is 0.804. The number of carbonyl (C=O) groups excluding carboxylic acids is 2. The van der Waals surface area contributed by atoms with Crippen LogP contribution in [0.15, 0.2) is 0 Å². The van der Waals surface area contributed by atoms with Crippen molar-refractivity contribution in [3.05, 3.63) is 0 Å². The summed E-state index contributed by atoms with van der Waals surface area (Å²) in [6, 6.07) is 0. The van der Waals surface area contributed by atoms with Gasteiger partial charge in [-0.25, -0.2) is 4.79 Å². The minimum atomic E-state index is -0.458. The molecule has 1 aliphatic heterocycles. The van der Waals surface area contributed by atoms with Gasteiger partial charge in [-0.2, -0.15) is 0 Å². The zero-order valence-electron chi connectivity index (χ0n) is 13.7. The summed E-state index contributed by atoms with van der Waals surface area (Å²) in [6.07, 6.45) is 1.81. The molecular weight excluding hydrogens is 270 g/mol. The monoisotopic (exact) mass is 299 g/mol. The van der Waals surface area contributed by atoms with E-state index in [2.05, 4.69) is 10.6 Å². The van der Waals surface area contributed by atoms with Gasteiger partial charge in [-0.3, -0.25) is 4.79 Å². The highest BCUT2D eigenvalue weighted by atomic mass is 16.6. The van der Waals surface area contributed by atoms with Crippen molar-refractivity contribution in [2.75, 3.05) is 32.7 Å². The molecule has 1 aliphatic rings. The van der Waals surface area contributed by atoms with Gasteiger partial charge in [0.1, 0.15) is 5.60 Å². The Morgan fingerprint density at radius 2 is 2.05 bits per heavy atom. The minimum absolute atomic E-state index is 0.0114. The van der Waals surface area contributed by atoms with Gasteiger partial charge in [0.15, 0.2) is 0 Å². The molecule has 122 valence electrons. The molecule has 2 amide bonds. The van der Waals surface area contributed by atoms with Crippen molar-refractivity contribution in [1.29, 1.82) is 0 Å². The molecule has 1 atom stereocenters. The number of hydrogen-bond acceptors (Lipinski definition) is 4. The zero-order valence-corrected chi connectivity index (χ0v) is 13.7. The van der Waals surface area contributed by atoms with Crippen molar-refractivity contribution in [3.63, 3.8) is 0 Å². The number of ether oxygens (including phenoxy) is 1. The van der Waals surface area contributed by atoms with E-state index in [0.717, 1.165) is 25.9 Å². The first-order valence-corrected chi connectivity index (χ1v) is 7.77. The molecular formula is C15H29N3O3. The van der Waals surface area contributed by atoms with Crippen molar-refractivity contribution >= 4 is 12.0 Å². The van der Waals surface area contributed by atoms with Crippen molar-refractivity contribution in [2.45, 2.75) is 46.1 Å². The Morgan fingerprint density at radius 1 is 1.33 bits per heavy atom. The van der Waals surface area contributed by atoms with E-state index in [0.29, 0.717) is 25.6 Å². The highest BCUT2D eigenvalue weighted by Gasteiger charge is 2.27. The van der Waals surface area contributed by atoms with Gasteiger partial charge in [0.05, 0.1) is 6.54 Å².